The maximum atomic E-state index is 10.6. The molecule has 1 rings (SSSR count). The zero-order valence-corrected chi connectivity index (χ0v) is 10.7. The Labute approximate surface area is 106 Å². The van der Waals surface area contributed by atoms with E-state index in [4.69, 9.17) is 17.0 Å². The number of para-hydroxylation sites is 1. The maximum absolute atomic E-state index is 10.6. The van der Waals surface area contributed by atoms with Gasteiger partial charge in [0.1, 0.15) is 6.61 Å². The highest BCUT2D eigenvalue weighted by molar-refractivity contribution is 7.80. The second kappa shape index (κ2) is 6.81. The van der Waals surface area contributed by atoms with Crippen LogP contribution in [0, 0.1) is 0 Å². The van der Waals surface area contributed by atoms with E-state index < -0.39 is 0 Å². The predicted molar refractivity (Wildman–Crippen MR) is 74.0 cm³/mol. The molecule has 0 aliphatic heterocycles. The van der Waals surface area contributed by atoms with Gasteiger partial charge in [-0.15, -0.1) is 0 Å². The topological polar surface area (TPSA) is 38.3 Å². The molecule has 17 heavy (non-hydrogen) atoms. The number of carbonyl (C=O) groups is 1. The minimum Gasteiger partial charge on any atom is -0.462 e. The molecule has 1 N–H and O–H groups in total. The standard InChI is InChI=1S/C13H15NO2S/c1-10(17)14-13-8-4-3-6-12(13)7-5-9-16-11(2)15/h3-8H,9H2,1-2H3,(H,14,17)/b7-5-. The van der Waals surface area contributed by atoms with Crippen LogP contribution in [0.25, 0.3) is 6.08 Å². The van der Waals surface area contributed by atoms with Crippen LogP contribution in [-0.4, -0.2) is 17.6 Å². The van der Waals surface area contributed by atoms with Gasteiger partial charge in [-0.1, -0.05) is 36.5 Å². The Morgan fingerprint density at radius 3 is 2.76 bits per heavy atom. The number of hydrogen-bond donors (Lipinski definition) is 1. The van der Waals surface area contributed by atoms with Crippen molar-refractivity contribution in [3.8, 4) is 0 Å². The molecular formula is C13H15NO2S. The third-order valence-corrected chi connectivity index (χ3v) is 2.05. The van der Waals surface area contributed by atoms with Crippen molar-refractivity contribution in [2.45, 2.75) is 13.8 Å². The molecule has 0 atom stereocenters. The smallest absolute Gasteiger partial charge is 0.302 e. The summed E-state index contributed by atoms with van der Waals surface area (Å²) in [6.07, 6.45) is 3.68. The van der Waals surface area contributed by atoms with Crippen LogP contribution >= 0.6 is 12.2 Å². The Morgan fingerprint density at radius 2 is 2.12 bits per heavy atom. The van der Waals surface area contributed by atoms with Crippen molar-refractivity contribution in [1.82, 2.24) is 0 Å². The summed E-state index contributed by atoms with van der Waals surface area (Å²) in [6, 6.07) is 7.78. The van der Waals surface area contributed by atoms with Crippen molar-refractivity contribution >= 4 is 34.9 Å². The van der Waals surface area contributed by atoms with Crippen LogP contribution in [0.3, 0.4) is 0 Å². The van der Waals surface area contributed by atoms with Crippen molar-refractivity contribution in [2.75, 3.05) is 11.9 Å². The van der Waals surface area contributed by atoms with Gasteiger partial charge in [0.2, 0.25) is 0 Å². The molecule has 0 radical (unpaired) electrons. The lowest BCUT2D eigenvalue weighted by atomic mass is 10.1. The molecule has 1 aromatic rings. The molecule has 0 aliphatic carbocycles. The molecule has 90 valence electrons. The van der Waals surface area contributed by atoms with Crippen LogP contribution in [0.4, 0.5) is 5.69 Å². The fourth-order valence-corrected chi connectivity index (χ4v) is 1.40. The Hall–Kier alpha value is -1.68. The van der Waals surface area contributed by atoms with E-state index in [1.165, 1.54) is 6.92 Å². The van der Waals surface area contributed by atoms with Crippen LogP contribution in [-0.2, 0) is 9.53 Å². The van der Waals surface area contributed by atoms with E-state index in [0.717, 1.165) is 11.3 Å². The predicted octanol–water partition coefficient (Wildman–Crippen LogP) is 3.02. The van der Waals surface area contributed by atoms with E-state index in [1.807, 2.05) is 37.3 Å². The zero-order chi connectivity index (χ0) is 12.7. The first-order valence-electron chi connectivity index (χ1n) is 5.26. The van der Waals surface area contributed by atoms with Gasteiger partial charge in [-0.3, -0.25) is 4.79 Å². The van der Waals surface area contributed by atoms with Gasteiger partial charge in [-0.2, -0.15) is 0 Å². The van der Waals surface area contributed by atoms with Crippen molar-refractivity contribution in [2.24, 2.45) is 0 Å². The van der Waals surface area contributed by atoms with Gasteiger partial charge in [-0.05, 0) is 24.6 Å². The molecule has 0 spiro atoms. The van der Waals surface area contributed by atoms with Crippen molar-refractivity contribution in [3.63, 3.8) is 0 Å². The number of hydrogen-bond acceptors (Lipinski definition) is 3. The first kappa shape index (κ1) is 13.4. The summed E-state index contributed by atoms with van der Waals surface area (Å²) in [5.41, 5.74) is 1.95. The highest BCUT2D eigenvalue weighted by Crippen LogP contribution is 2.16. The lowest BCUT2D eigenvalue weighted by Crippen LogP contribution is -2.04. The van der Waals surface area contributed by atoms with Crippen molar-refractivity contribution in [1.29, 1.82) is 0 Å². The first-order chi connectivity index (χ1) is 8.09. The molecule has 3 nitrogen and oxygen atoms in total. The summed E-state index contributed by atoms with van der Waals surface area (Å²) in [6.45, 7) is 3.49. The van der Waals surface area contributed by atoms with Crippen molar-refractivity contribution < 1.29 is 9.53 Å². The normalized spacial score (nSPS) is 10.2. The number of esters is 1. The minimum atomic E-state index is -0.282. The Kier molecular flexibility index (Phi) is 5.36. The Balaban J connectivity index is 2.69. The number of ether oxygens (including phenoxy) is 1. The molecule has 0 heterocycles. The maximum Gasteiger partial charge on any atom is 0.302 e. The molecule has 0 amide bonds. The van der Waals surface area contributed by atoms with Gasteiger partial charge in [0.05, 0.1) is 4.99 Å². The molecule has 0 unspecified atom stereocenters. The fourth-order valence-electron chi connectivity index (χ4n) is 1.29. The molecule has 0 saturated heterocycles. The van der Waals surface area contributed by atoms with E-state index in [0.29, 0.717) is 4.99 Å². The molecule has 0 aliphatic rings. The number of benzene rings is 1. The lowest BCUT2D eigenvalue weighted by molar-refractivity contribution is -0.139. The van der Waals surface area contributed by atoms with Crippen LogP contribution in [0.5, 0.6) is 0 Å². The van der Waals surface area contributed by atoms with Gasteiger partial charge in [0.25, 0.3) is 0 Å². The zero-order valence-electron chi connectivity index (χ0n) is 9.90. The lowest BCUT2D eigenvalue weighted by Gasteiger charge is -2.07. The van der Waals surface area contributed by atoms with E-state index in [9.17, 15) is 4.79 Å². The quantitative estimate of drug-likeness (QED) is 0.657. The van der Waals surface area contributed by atoms with Crippen LogP contribution in [0.15, 0.2) is 30.3 Å². The molecule has 0 aromatic heterocycles. The third-order valence-electron chi connectivity index (χ3n) is 1.95. The summed E-state index contributed by atoms with van der Waals surface area (Å²) in [4.78, 5) is 11.3. The van der Waals surface area contributed by atoms with Crippen molar-refractivity contribution in [3.05, 3.63) is 35.9 Å². The first-order valence-corrected chi connectivity index (χ1v) is 5.67. The average Bonchev–Trinajstić information content (AvgIpc) is 2.25. The van der Waals surface area contributed by atoms with E-state index in [-0.39, 0.29) is 12.6 Å². The summed E-state index contributed by atoms with van der Waals surface area (Å²) >= 11 is 5.00. The largest absolute Gasteiger partial charge is 0.462 e. The van der Waals surface area contributed by atoms with Crippen LogP contribution < -0.4 is 5.32 Å². The second-order valence-electron chi connectivity index (χ2n) is 3.47. The van der Waals surface area contributed by atoms with E-state index in [2.05, 4.69) is 5.32 Å². The molecule has 1 aromatic carbocycles. The van der Waals surface area contributed by atoms with Gasteiger partial charge in [0.15, 0.2) is 0 Å². The summed E-state index contributed by atoms with van der Waals surface area (Å²) in [7, 11) is 0. The van der Waals surface area contributed by atoms with Gasteiger partial charge >= 0.3 is 5.97 Å². The van der Waals surface area contributed by atoms with Gasteiger partial charge in [0, 0.05) is 12.6 Å². The minimum absolute atomic E-state index is 0.278. The van der Waals surface area contributed by atoms with Gasteiger partial charge in [-0.25, -0.2) is 0 Å². The summed E-state index contributed by atoms with van der Waals surface area (Å²) < 4.78 is 4.81. The number of thiocarbonyl (C=S) groups is 1. The van der Waals surface area contributed by atoms with Crippen LogP contribution in [0.1, 0.15) is 19.4 Å². The van der Waals surface area contributed by atoms with E-state index in [1.54, 1.807) is 6.08 Å². The summed E-state index contributed by atoms with van der Waals surface area (Å²) in [5.74, 6) is -0.282. The molecular weight excluding hydrogens is 234 g/mol. The van der Waals surface area contributed by atoms with Gasteiger partial charge < -0.3 is 10.1 Å². The molecule has 4 heteroatoms. The molecule has 0 fully saturated rings. The highest BCUT2D eigenvalue weighted by Gasteiger charge is 1.97. The Morgan fingerprint density at radius 1 is 1.41 bits per heavy atom. The summed E-state index contributed by atoms with van der Waals surface area (Å²) in [5, 5.41) is 3.10. The Bertz CT molecular complexity index is 441. The van der Waals surface area contributed by atoms with E-state index >= 15 is 0 Å². The van der Waals surface area contributed by atoms with Crippen LogP contribution in [0.2, 0.25) is 0 Å². The molecule has 0 saturated carbocycles. The number of rotatable bonds is 4. The number of anilines is 1. The monoisotopic (exact) mass is 249 g/mol. The average molecular weight is 249 g/mol. The highest BCUT2D eigenvalue weighted by atomic mass is 32.1. The second-order valence-corrected chi connectivity index (χ2v) is 4.09. The number of nitrogens with one attached hydrogen (secondary N) is 1. The molecule has 0 bridgehead atoms. The fraction of sp³-hybridized carbons (Fsp3) is 0.231. The number of carbonyl (C=O) groups excluding carboxylic acids is 1. The third kappa shape index (κ3) is 5.26. The SMILES string of the molecule is CC(=O)OC/C=C\c1ccccc1NC(C)=S.